The molecule has 0 aliphatic carbocycles. The van der Waals surface area contributed by atoms with Crippen LogP contribution in [0.1, 0.15) is 5.56 Å². The third-order valence-electron chi connectivity index (χ3n) is 3.70. The van der Waals surface area contributed by atoms with Gasteiger partial charge in [-0.25, -0.2) is 0 Å². The zero-order chi connectivity index (χ0) is 17.8. The maximum Gasteiger partial charge on any atom is 0.166 e. The van der Waals surface area contributed by atoms with Crippen LogP contribution in [0.2, 0.25) is 10.0 Å². The highest BCUT2D eigenvalue weighted by Gasteiger charge is 2.27. The number of nitriles is 1. The fourth-order valence-corrected chi connectivity index (χ4v) is 3.03. The molecule has 4 nitrogen and oxygen atoms in total. The number of para-hydroxylation sites is 1. The summed E-state index contributed by atoms with van der Waals surface area (Å²) in [4.78, 5) is 1.66. The van der Waals surface area contributed by atoms with Crippen molar-refractivity contribution in [1.29, 1.82) is 5.26 Å². The predicted molar refractivity (Wildman–Crippen MR) is 101 cm³/mol. The lowest BCUT2D eigenvalue weighted by molar-refractivity contribution is 0.257. The van der Waals surface area contributed by atoms with Gasteiger partial charge in [-0.05, 0) is 37.3 Å². The molecule has 1 aliphatic rings. The number of hydrogen-bond donors (Lipinski definition) is 1. The second-order valence-corrected chi connectivity index (χ2v) is 6.25. The second-order valence-electron chi connectivity index (χ2n) is 5.44. The van der Waals surface area contributed by atoms with Crippen LogP contribution < -0.4 is 10.2 Å². The van der Waals surface area contributed by atoms with E-state index in [0.717, 1.165) is 5.69 Å². The number of allylic oxidation sites excluding steroid dienone is 2. The van der Waals surface area contributed by atoms with E-state index in [1.165, 1.54) is 5.56 Å². The van der Waals surface area contributed by atoms with Gasteiger partial charge in [-0.3, -0.25) is 4.90 Å². The molecular weight excluding hydrogens is 357 g/mol. The van der Waals surface area contributed by atoms with Crippen LogP contribution in [-0.4, -0.2) is 6.73 Å². The maximum atomic E-state index is 9.53. The number of anilines is 2. The summed E-state index contributed by atoms with van der Waals surface area (Å²) in [6.07, 6.45) is 3.44. The Bertz CT molecular complexity index is 862. The van der Waals surface area contributed by atoms with Crippen LogP contribution in [0.5, 0.6) is 0 Å². The highest BCUT2D eigenvalue weighted by atomic mass is 35.5. The van der Waals surface area contributed by atoms with E-state index in [-0.39, 0.29) is 6.73 Å². The minimum absolute atomic E-state index is 0.177. The lowest BCUT2D eigenvalue weighted by Crippen LogP contribution is -2.19. The Morgan fingerprint density at radius 2 is 1.84 bits per heavy atom. The Morgan fingerprint density at radius 3 is 2.48 bits per heavy atom. The standard InChI is InChI=1S/C19H15Cl2N3O/c1-13-5-7-14(8-6-13)23-10-9-18-17(11-22)24(12-25-18)19-15(20)3-2-4-16(19)21/h2-10,23H,12H2,1H3/b10-9+. The third-order valence-corrected chi connectivity index (χ3v) is 4.31. The number of nitrogens with zero attached hydrogens (tertiary/aromatic N) is 2. The van der Waals surface area contributed by atoms with Crippen molar-refractivity contribution in [3.05, 3.63) is 81.8 Å². The molecule has 1 heterocycles. The number of ether oxygens (including phenoxy) is 1. The van der Waals surface area contributed by atoms with Gasteiger partial charge in [0.25, 0.3) is 0 Å². The Balaban J connectivity index is 1.82. The second kappa shape index (κ2) is 7.52. The molecule has 1 aliphatic heterocycles. The topological polar surface area (TPSA) is 48.3 Å². The van der Waals surface area contributed by atoms with Crippen LogP contribution in [0, 0.1) is 18.3 Å². The number of nitrogens with one attached hydrogen (secondary N) is 1. The molecule has 0 unspecified atom stereocenters. The zero-order valence-electron chi connectivity index (χ0n) is 13.5. The summed E-state index contributed by atoms with van der Waals surface area (Å²) in [5, 5.41) is 13.6. The summed E-state index contributed by atoms with van der Waals surface area (Å²) in [5.74, 6) is 0.457. The van der Waals surface area contributed by atoms with Gasteiger partial charge in [-0.2, -0.15) is 5.26 Å². The average Bonchev–Trinajstić information content (AvgIpc) is 2.99. The molecule has 0 aromatic heterocycles. The number of hydrogen-bond acceptors (Lipinski definition) is 4. The van der Waals surface area contributed by atoms with Crippen molar-refractivity contribution < 1.29 is 4.74 Å². The SMILES string of the molecule is Cc1ccc(N/C=C/C2=C(C#N)N(c3c(Cl)cccc3Cl)CO2)cc1. The Hall–Kier alpha value is -2.61. The quantitative estimate of drug-likeness (QED) is 0.775. The number of rotatable bonds is 4. The minimum atomic E-state index is 0.177. The molecule has 126 valence electrons. The van der Waals surface area contributed by atoms with E-state index in [0.29, 0.717) is 27.2 Å². The van der Waals surface area contributed by atoms with Crippen LogP contribution >= 0.6 is 23.2 Å². The molecule has 6 heteroatoms. The number of aryl methyl sites for hydroxylation is 1. The Morgan fingerprint density at radius 1 is 1.16 bits per heavy atom. The molecule has 0 saturated heterocycles. The molecular formula is C19H15Cl2N3O. The van der Waals surface area contributed by atoms with Crippen LogP contribution in [0.4, 0.5) is 11.4 Å². The van der Waals surface area contributed by atoms with Crippen molar-refractivity contribution in [2.45, 2.75) is 6.92 Å². The van der Waals surface area contributed by atoms with E-state index in [4.69, 9.17) is 27.9 Å². The number of benzene rings is 2. The normalized spacial score (nSPS) is 13.9. The zero-order valence-corrected chi connectivity index (χ0v) is 15.0. The molecule has 1 N–H and O–H groups in total. The van der Waals surface area contributed by atoms with Gasteiger partial charge in [-0.15, -0.1) is 0 Å². The monoisotopic (exact) mass is 371 g/mol. The fraction of sp³-hybridized carbons (Fsp3) is 0.105. The first-order chi connectivity index (χ1) is 12.1. The third kappa shape index (κ3) is 3.74. The summed E-state index contributed by atoms with van der Waals surface area (Å²) in [5.41, 5.74) is 3.06. The first-order valence-electron chi connectivity index (χ1n) is 7.58. The molecule has 25 heavy (non-hydrogen) atoms. The fourth-order valence-electron chi connectivity index (χ4n) is 2.43. The maximum absolute atomic E-state index is 9.53. The van der Waals surface area contributed by atoms with E-state index < -0.39 is 0 Å². The van der Waals surface area contributed by atoms with E-state index in [1.807, 2.05) is 31.2 Å². The Labute approximate surface area is 156 Å². The summed E-state index contributed by atoms with van der Waals surface area (Å²) in [7, 11) is 0. The van der Waals surface area contributed by atoms with E-state index >= 15 is 0 Å². The Kier molecular flexibility index (Phi) is 5.18. The van der Waals surface area contributed by atoms with E-state index in [2.05, 4.69) is 11.4 Å². The lowest BCUT2D eigenvalue weighted by Gasteiger charge is -2.18. The lowest BCUT2D eigenvalue weighted by atomic mass is 10.2. The molecule has 0 amide bonds. The van der Waals surface area contributed by atoms with Gasteiger partial charge in [-0.1, -0.05) is 47.0 Å². The van der Waals surface area contributed by atoms with Crippen LogP contribution in [0.25, 0.3) is 0 Å². The van der Waals surface area contributed by atoms with Crippen molar-refractivity contribution in [1.82, 2.24) is 0 Å². The summed E-state index contributed by atoms with van der Waals surface area (Å²) in [6.45, 7) is 2.21. The van der Waals surface area contributed by atoms with Crippen LogP contribution in [0.15, 0.2) is 66.2 Å². The van der Waals surface area contributed by atoms with E-state index in [9.17, 15) is 5.26 Å². The molecule has 0 radical (unpaired) electrons. The molecule has 0 atom stereocenters. The summed E-state index contributed by atoms with van der Waals surface area (Å²) < 4.78 is 5.63. The van der Waals surface area contributed by atoms with Gasteiger partial charge >= 0.3 is 0 Å². The van der Waals surface area contributed by atoms with Gasteiger partial charge in [0.15, 0.2) is 18.2 Å². The van der Waals surface area contributed by atoms with Crippen molar-refractivity contribution in [3.8, 4) is 6.07 Å². The van der Waals surface area contributed by atoms with E-state index in [1.54, 1.807) is 35.4 Å². The van der Waals surface area contributed by atoms with Crippen molar-refractivity contribution in [3.63, 3.8) is 0 Å². The van der Waals surface area contributed by atoms with Gasteiger partial charge in [0.2, 0.25) is 0 Å². The average molecular weight is 372 g/mol. The van der Waals surface area contributed by atoms with Crippen LogP contribution in [0.3, 0.4) is 0 Å². The summed E-state index contributed by atoms with van der Waals surface area (Å²) >= 11 is 12.5. The van der Waals surface area contributed by atoms with Gasteiger partial charge < -0.3 is 10.1 Å². The highest BCUT2D eigenvalue weighted by molar-refractivity contribution is 6.39. The molecule has 0 spiro atoms. The van der Waals surface area contributed by atoms with Crippen LogP contribution in [-0.2, 0) is 4.74 Å². The summed E-state index contributed by atoms with van der Waals surface area (Å²) in [6, 6.07) is 15.4. The molecule has 0 bridgehead atoms. The van der Waals surface area contributed by atoms with Crippen molar-refractivity contribution >= 4 is 34.6 Å². The van der Waals surface area contributed by atoms with Gasteiger partial charge in [0.1, 0.15) is 6.07 Å². The number of halogens is 2. The van der Waals surface area contributed by atoms with Gasteiger partial charge in [0, 0.05) is 11.9 Å². The minimum Gasteiger partial charge on any atom is -0.470 e. The largest absolute Gasteiger partial charge is 0.470 e. The highest BCUT2D eigenvalue weighted by Crippen LogP contribution is 2.38. The van der Waals surface area contributed by atoms with Gasteiger partial charge in [0.05, 0.1) is 15.7 Å². The van der Waals surface area contributed by atoms with Crippen molar-refractivity contribution in [2.24, 2.45) is 0 Å². The first kappa shape index (κ1) is 17.2. The smallest absolute Gasteiger partial charge is 0.166 e. The molecule has 2 aromatic carbocycles. The van der Waals surface area contributed by atoms with Crippen molar-refractivity contribution in [2.75, 3.05) is 16.9 Å². The molecule has 2 aromatic rings. The molecule has 0 saturated carbocycles. The predicted octanol–water partition coefficient (Wildman–Crippen LogP) is 5.46. The molecule has 3 rings (SSSR count). The first-order valence-corrected chi connectivity index (χ1v) is 8.34. The molecule has 0 fully saturated rings.